The summed E-state index contributed by atoms with van der Waals surface area (Å²) < 4.78 is 28.1. The second-order valence-electron chi connectivity index (χ2n) is 11.7. The number of carbonyl (C=O) groups is 4. The van der Waals surface area contributed by atoms with Gasteiger partial charge in [-0.15, -0.1) is 0 Å². The molecule has 0 saturated carbocycles. The summed E-state index contributed by atoms with van der Waals surface area (Å²) in [5.74, 6) is -0.685. The van der Waals surface area contributed by atoms with Crippen LogP contribution in [0.15, 0.2) is 97.1 Å². The van der Waals surface area contributed by atoms with Crippen molar-refractivity contribution in [2.45, 2.75) is 44.2 Å². The molecule has 50 heavy (non-hydrogen) atoms. The number of rotatable bonds is 15. The van der Waals surface area contributed by atoms with E-state index < -0.39 is 42.4 Å². The number of carbonyl (C=O) groups excluding carboxylic acids is 3. The summed E-state index contributed by atoms with van der Waals surface area (Å²) in [6.07, 6.45) is 1.70. The van der Waals surface area contributed by atoms with Crippen LogP contribution >= 0.6 is 0 Å². The number of carboxylic acid groups (broad SMARTS) is 1. The van der Waals surface area contributed by atoms with Crippen LogP contribution in [-0.2, 0) is 25.5 Å². The number of piperidine rings is 1. The van der Waals surface area contributed by atoms with Crippen molar-refractivity contribution in [3.63, 3.8) is 0 Å². The molecule has 1 heterocycles. The van der Waals surface area contributed by atoms with Crippen LogP contribution in [0, 0.1) is 0 Å². The van der Waals surface area contributed by atoms with Crippen molar-refractivity contribution in [2.24, 2.45) is 0 Å². The van der Waals surface area contributed by atoms with Crippen molar-refractivity contribution in [2.75, 3.05) is 27.4 Å². The second-order valence-corrected chi connectivity index (χ2v) is 11.7. The third-order valence-corrected chi connectivity index (χ3v) is 8.32. The number of esters is 1. The molecule has 0 unspecified atom stereocenters. The lowest BCUT2D eigenvalue weighted by Crippen LogP contribution is -2.51. The van der Waals surface area contributed by atoms with Gasteiger partial charge in [-0.05, 0) is 104 Å². The van der Waals surface area contributed by atoms with Crippen molar-refractivity contribution in [1.29, 1.82) is 0 Å². The van der Waals surface area contributed by atoms with Crippen molar-refractivity contribution < 1.29 is 48.0 Å². The standard InChI is InChI=1S/C39H39NO10/c1-46-34-21-15-26(23-35(34)47-2)14-20-33(28-9-8-12-31(24-28)48-25-36(41)42)50-39(45)32-13-6-7-22-40(32)38(44)37(43)27-16-18-30(19-17-27)49-29-10-4-3-5-11-29/h3-5,8-12,15-19,21,23-24,32-33H,6-7,13-14,20,22,25H2,1-2H3,(H,41,42)/t32-,33+/m0/s1. The van der Waals surface area contributed by atoms with Crippen molar-refractivity contribution in [1.82, 2.24) is 4.90 Å². The Labute approximate surface area is 290 Å². The normalized spacial score (nSPS) is 14.6. The average Bonchev–Trinajstić information content (AvgIpc) is 3.15. The van der Waals surface area contributed by atoms with Gasteiger partial charge in [0.1, 0.15) is 29.4 Å². The van der Waals surface area contributed by atoms with Gasteiger partial charge in [-0.2, -0.15) is 0 Å². The number of methoxy groups -OCH3 is 2. The van der Waals surface area contributed by atoms with E-state index in [1.807, 2.05) is 42.5 Å². The number of amides is 1. The minimum absolute atomic E-state index is 0.180. The largest absolute Gasteiger partial charge is 0.493 e. The maximum Gasteiger partial charge on any atom is 0.341 e. The van der Waals surface area contributed by atoms with E-state index in [1.54, 1.807) is 56.7 Å². The fourth-order valence-corrected chi connectivity index (χ4v) is 5.77. The zero-order chi connectivity index (χ0) is 35.5. The first kappa shape index (κ1) is 35.5. The van der Waals surface area contributed by atoms with Gasteiger partial charge in [0.15, 0.2) is 18.1 Å². The molecule has 0 aromatic heterocycles. The molecule has 1 aliphatic rings. The molecule has 1 fully saturated rings. The summed E-state index contributed by atoms with van der Waals surface area (Å²) in [6.45, 7) is -0.302. The Kier molecular flexibility index (Phi) is 12.1. The van der Waals surface area contributed by atoms with Crippen LogP contribution in [0.1, 0.15) is 53.3 Å². The second kappa shape index (κ2) is 17.0. The third-order valence-electron chi connectivity index (χ3n) is 8.32. The van der Waals surface area contributed by atoms with Gasteiger partial charge in [0, 0.05) is 12.1 Å². The number of ketones is 1. The van der Waals surface area contributed by atoms with Crippen molar-refractivity contribution >= 4 is 23.6 Å². The summed E-state index contributed by atoms with van der Waals surface area (Å²) in [6, 6.07) is 26.7. The number of carboxylic acids is 1. The molecule has 4 aromatic rings. The van der Waals surface area contributed by atoms with Gasteiger partial charge in [0.05, 0.1) is 14.2 Å². The summed E-state index contributed by atoms with van der Waals surface area (Å²) in [5.41, 5.74) is 1.67. The lowest BCUT2D eigenvalue weighted by Gasteiger charge is -2.34. The summed E-state index contributed by atoms with van der Waals surface area (Å²) in [5, 5.41) is 9.08. The predicted molar refractivity (Wildman–Crippen MR) is 183 cm³/mol. The Balaban J connectivity index is 1.32. The average molecular weight is 682 g/mol. The van der Waals surface area contributed by atoms with E-state index >= 15 is 0 Å². The minimum Gasteiger partial charge on any atom is -0.493 e. The van der Waals surface area contributed by atoms with E-state index in [4.69, 9.17) is 28.8 Å². The van der Waals surface area contributed by atoms with Crippen LogP contribution in [0.3, 0.4) is 0 Å². The number of nitrogens with zero attached hydrogens (tertiary/aromatic N) is 1. The molecule has 11 heteroatoms. The summed E-state index contributed by atoms with van der Waals surface area (Å²) in [4.78, 5) is 53.2. The number of para-hydroxylation sites is 1. The highest BCUT2D eigenvalue weighted by Gasteiger charge is 2.37. The molecule has 5 rings (SSSR count). The van der Waals surface area contributed by atoms with Crippen LogP contribution in [0.5, 0.6) is 28.7 Å². The van der Waals surface area contributed by atoms with Gasteiger partial charge >= 0.3 is 11.9 Å². The smallest absolute Gasteiger partial charge is 0.341 e. The summed E-state index contributed by atoms with van der Waals surface area (Å²) in [7, 11) is 3.10. The Morgan fingerprint density at radius 1 is 0.800 bits per heavy atom. The number of aryl methyl sites for hydroxylation is 1. The molecule has 1 saturated heterocycles. The molecule has 1 N–H and O–H groups in total. The number of benzene rings is 4. The third kappa shape index (κ3) is 9.19. The Bertz CT molecular complexity index is 1790. The molecule has 260 valence electrons. The number of aliphatic carboxylic acids is 1. The number of Topliss-reactive ketones (excluding diaryl/α,β-unsaturated/α-hetero) is 1. The molecule has 0 aliphatic carbocycles. The van der Waals surface area contributed by atoms with E-state index in [0.717, 1.165) is 5.56 Å². The molecule has 2 atom stereocenters. The molecule has 11 nitrogen and oxygen atoms in total. The van der Waals surface area contributed by atoms with Gasteiger partial charge in [-0.3, -0.25) is 9.59 Å². The van der Waals surface area contributed by atoms with Gasteiger partial charge < -0.3 is 33.7 Å². The van der Waals surface area contributed by atoms with Gasteiger partial charge in [0.2, 0.25) is 5.78 Å². The first-order chi connectivity index (χ1) is 24.2. The Morgan fingerprint density at radius 2 is 1.52 bits per heavy atom. The molecule has 4 aromatic carbocycles. The lowest BCUT2D eigenvalue weighted by atomic mass is 9.98. The van der Waals surface area contributed by atoms with Crippen LogP contribution in [0.4, 0.5) is 0 Å². The predicted octanol–water partition coefficient (Wildman–Crippen LogP) is 6.44. The van der Waals surface area contributed by atoms with Gasteiger partial charge in [-0.25, -0.2) is 9.59 Å². The molecular weight excluding hydrogens is 642 g/mol. The van der Waals surface area contributed by atoms with Crippen LogP contribution in [0.2, 0.25) is 0 Å². The Hall–Kier alpha value is -5.84. The maximum atomic E-state index is 13.9. The zero-order valence-electron chi connectivity index (χ0n) is 27.9. The van der Waals surface area contributed by atoms with Gasteiger partial charge in [0.25, 0.3) is 5.91 Å². The molecule has 0 bridgehead atoms. The number of hydrogen-bond donors (Lipinski definition) is 1. The van der Waals surface area contributed by atoms with Gasteiger partial charge in [-0.1, -0.05) is 36.4 Å². The topological polar surface area (TPSA) is 138 Å². The zero-order valence-corrected chi connectivity index (χ0v) is 27.9. The van der Waals surface area contributed by atoms with E-state index in [0.29, 0.717) is 66.4 Å². The highest BCUT2D eigenvalue weighted by Crippen LogP contribution is 2.32. The number of likely N-dealkylation sites (tertiary alicyclic amines) is 1. The number of hydrogen-bond acceptors (Lipinski definition) is 9. The monoisotopic (exact) mass is 681 g/mol. The first-order valence-corrected chi connectivity index (χ1v) is 16.3. The number of ether oxygens (including phenoxy) is 5. The maximum absolute atomic E-state index is 13.9. The van der Waals surface area contributed by atoms with Crippen LogP contribution in [-0.4, -0.2) is 67.0 Å². The highest BCUT2D eigenvalue weighted by atomic mass is 16.5. The quantitative estimate of drug-likeness (QED) is 0.0848. The molecule has 0 spiro atoms. The van der Waals surface area contributed by atoms with E-state index in [2.05, 4.69) is 0 Å². The van der Waals surface area contributed by atoms with Crippen LogP contribution in [0.25, 0.3) is 0 Å². The van der Waals surface area contributed by atoms with Crippen molar-refractivity contribution in [3.05, 3.63) is 114 Å². The molecule has 1 aliphatic heterocycles. The van der Waals surface area contributed by atoms with E-state index in [1.165, 1.54) is 17.0 Å². The fraction of sp³-hybridized carbons (Fsp3) is 0.282. The van der Waals surface area contributed by atoms with E-state index in [9.17, 15) is 19.2 Å². The van der Waals surface area contributed by atoms with Crippen LogP contribution < -0.4 is 18.9 Å². The first-order valence-electron chi connectivity index (χ1n) is 16.3. The summed E-state index contributed by atoms with van der Waals surface area (Å²) >= 11 is 0. The van der Waals surface area contributed by atoms with Crippen molar-refractivity contribution in [3.8, 4) is 28.7 Å². The SMILES string of the molecule is COc1ccc(CC[C@@H](OC(=O)[C@@H]2CCCCN2C(=O)C(=O)c2ccc(Oc3ccccc3)cc2)c2cccc(OCC(=O)O)c2)cc1OC. The minimum atomic E-state index is -1.13. The lowest BCUT2D eigenvalue weighted by molar-refractivity contribution is -0.161. The molecule has 1 amide bonds. The highest BCUT2D eigenvalue weighted by molar-refractivity contribution is 6.43. The molecular formula is C39H39NO10. The molecule has 0 radical (unpaired) electrons. The van der Waals surface area contributed by atoms with E-state index in [-0.39, 0.29) is 12.1 Å². The Morgan fingerprint density at radius 3 is 2.24 bits per heavy atom. The fourth-order valence-electron chi connectivity index (χ4n) is 5.77.